The molecule has 2 unspecified atom stereocenters. The maximum atomic E-state index is 12.5. The molecule has 0 radical (unpaired) electrons. The van der Waals surface area contributed by atoms with E-state index in [9.17, 15) is 40.5 Å². The fraction of sp³-hybridized carbons (Fsp3) is 0.875. The zero-order valence-corrected chi connectivity index (χ0v) is 21.4. The van der Waals surface area contributed by atoms with Gasteiger partial charge in [0.2, 0.25) is 11.4 Å². The molecule has 2 rings (SSSR count). The summed E-state index contributed by atoms with van der Waals surface area (Å²) in [5.41, 5.74) is -3.31. The predicted molar refractivity (Wildman–Crippen MR) is 125 cm³/mol. The smallest absolute Gasteiger partial charge is 0.378 e. The number of hydrogen-bond donors (Lipinski definition) is 7. The molecule has 0 saturated carbocycles. The van der Waals surface area contributed by atoms with Crippen molar-refractivity contribution in [1.29, 1.82) is 0 Å². The third kappa shape index (κ3) is 6.87. The summed E-state index contributed by atoms with van der Waals surface area (Å²) in [7, 11) is 0. The number of cyclic esters (lactones) is 1. The lowest BCUT2D eigenvalue weighted by atomic mass is 9.76. The molecule has 12 nitrogen and oxygen atoms in total. The number of unbranched alkanes of at least 4 members (excludes halogenated alkanes) is 1. The fourth-order valence-corrected chi connectivity index (χ4v) is 4.60. The van der Waals surface area contributed by atoms with Gasteiger partial charge in [-0.15, -0.1) is 0 Å². The topological polar surface area (TPSA) is 196 Å². The van der Waals surface area contributed by atoms with Gasteiger partial charge in [0.15, 0.2) is 5.76 Å². The number of hydrogen-bond acceptors (Lipinski definition) is 12. The van der Waals surface area contributed by atoms with Gasteiger partial charge in [-0.25, -0.2) is 4.79 Å². The lowest BCUT2D eigenvalue weighted by Crippen LogP contribution is -2.61. The zero-order valence-electron chi connectivity index (χ0n) is 21.4. The van der Waals surface area contributed by atoms with Crippen LogP contribution in [0.5, 0.6) is 0 Å². The van der Waals surface area contributed by atoms with Crippen molar-refractivity contribution in [3.63, 3.8) is 0 Å². The van der Waals surface area contributed by atoms with Crippen molar-refractivity contribution in [1.82, 2.24) is 0 Å². The molecule has 36 heavy (non-hydrogen) atoms. The second kappa shape index (κ2) is 12.8. The molecular formula is C24H42O12. The average Bonchev–Trinajstić information content (AvgIpc) is 3.06. The van der Waals surface area contributed by atoms with Crippen molar-refractivity contribution >= 4 is 5.97 Å². The summed E-state index contributed by atoms with van der Waals surface area (Å²) in [5.74, 6) is -3.09. The number of carbonyl (C=O) groups excluding carboxylic acids is 1. The number of rotatable bonds is 14. The Morgan fingerprint density at radius 3 is 2.36 bits per heavy atom. The molecule has 1 saturated heterocycles. The lowest BCUT2D eigenvalue weighted by Gasteiger charge is -2.45. The minimum absolute atomic E-state index is 0.221. The Labute approximate surface area is 211 Å². The van der Waals surface area contributed by atoms with Crippen LogP contribution in [0.1, 0.15) is 53.4 Å². The molecule has 0 aromatic heterocycles. The molecule has 1 fully saturated rings. The average molecular weight is 523 g/mol. The minimum Gasteiger partial charge on any atom is -0.499 e. The Morgan fingerprint density at radius 1 is 1.14 bits per heavy atom. The van der Waals surface area contributed by atoms with Crippen LogP contribution in [-0.4, -0.2) is 116 Å². The Balaban J connectivity index is 2.52. The van der Waals surface area contributed by atoms with E-state index in [2.05, 4.69) is 0 Å². The first-order valence-electron chi connectivity index (χ1n) is 12.4. The van der Waals surface area contributed by atoms with Gasteiger partial charge in [0.05, 0.1) is 24.9 Å². The van der Waals surface area contributed by atoms with Gasteiger partial charge in [0.25, 0.3) is 0 Å². The summed E-state index contributed by atoms with van der Waals surface area (Å²) < 4.78 is 22.3. The second-order valence-corrected chi connectivity index (χ2v) is 10.1. The lowest BCUT2D eigenvalue weighted by molar-refractivity contribution is -0.247. The summed E-state index contributed by atoms with van der Waals surface area (Å²) in [4.78, 5) is 12.5. The Hall–Kier alpha value is -1.51. The molecule has 0 amide bonds. The molecule has 2 aliphatic rings. The van der Waals surface area contributed by atoms with Crippen LogP contribution in [0.4, 0.5) is 0 Å². The van der Waals surface area contributed by atoms with Crippen LogP contribution in [0, 0.1) is 5.92 Å². The van der Waals surface area contributed by atoms with E-state index in [1.807, 2.05) is 6.92 Å². The van der Waals surface area contributed by atoms with Crippen LogP contribution >= 0.6 is 0 Å². The molecule has 210 valence electrons. The Morgan fingerprint density at radius 2 is 1.81 bits per heavy atom. The Kier molecular flexibility index (Phi) is 10.9. The van der Waals surface area contributed by atoms with Crippen LogP contribution in [-0.2, 0) is 23.7 Å². The van der Waals surface area contributed by atoms with Crippen molar-refractivity contribution in [3.8, 4) is 0 Å². The highest BCUT2D eigenvalue weighted by atomic mass is 16.6. The van der Waals surface area contributed by atoms with Crippen molar-refractivity contribution in [2.75, 3.05) is 26.4 Å². The highest BCUT2D eigenvalue weighted by Gasteiger charge is 2.58. The quantitative estimate of drug-likeness (QED) is 0.142. The standard InChI is InChI=1S/C24H42O12/c1-5-7-8-13(20-18(29)17(28)16(27)14(10-25)35-20)9-24(15(26)11-33-6-2)21(19(30)22(31)36-24)34-12-23(3,4)32/h13-18,20,25-30,32H,5-12H2,1-4H3/t13?,14-,15+,16-,17+,18-,20?,24-/m1/s1. The minimum atomic E-state index is -1.96. The first-order valence-corrected chi connectivity index (χ1v) is 12.4. The maximum absolute atomic E-state index is 12.5. The third-order valence-electron chi connectivity index (χ3n) is 6.54. The van der Waals surface area contributed by atoms with Gasteiger partial charge in [-0.2, -0.15) is 0 Å². The number of ether oxygens (including phenoxy) is 4. The van der Waals surface area contributed by atoms with E-state index in [0.29, 0.717) is 12.8 Å². The normalized spacial score (nSPS) is 32.9. The SMILES string of the molecule is CCCCC(C[C@]1([C@@H](O)COCC)OC(=O)C(O)=C1OCC(C)(C)O)C1O[C@H](CO)[C@@H](O)[C@H](O)[C@H]1O. The molecule has 0 aliphatic carbocycles. The molecule has 2 aliphatic heterocycles. The molecule has 0 bridgehead atoms. The van der Waals surface area contributed by atoms with E-state index in [1.165, 1.54) is 13.8 Å². The van der Waals surface area contributed by atoms with Gasteiger partial charge >= 0.3 is 5.97 Å². The van der Waals surface area contributed by atoms with Crippen molar-refractivity contribution in [2.24, 2.45) is 5.92 Å². The molecule has 7 N–H and O–H groups in total. The van der Waals surface area contributed by atoms with E-state index in [0.717, 1.165) is 6.42 Å². The highest BCUT2D eigenvalue weighted by Crippen LogP contribution is 2.44. The summed E-state index contributed by atoms with van der Waals surface area (Å²) >= 11 is 0. The number of aliphatic hydroxyl groups is 7. The van der Waals surface area contributed by atoms with Gasteiger partial charge in [-0.1, -0.05) is 19.8 Å². The monoisotopic (exact) mass is 522 g/mol. The van der Waals surface area contributed by atoms with Crippen LogP contribution < -0.4 is 0 Å². The highest BCUT2D eigenvalue weighted by molar-refractivity contribution is 5.90. The predicted octanol–water partition coefficient (Wildman–Crippen LogP) is -0.725. The molecule has 8 atom stereocenters. The van der Waals surface area contributed by atoms with E-state index in [1.54, 1.807) is 6.92 Å². The molecule has 0 aromatic rings. The van der Waals surface area contributed by atoms with Crippen LogP contribution in [0.15, 0.2) is 11.5 Å². The summed E-state index contributed by atoms with van der Waals surface area (Å²) in [6.45, 7) is 5.54. The molecule has 12 heteroatoms. The zero-order chi connectivity index (χ0) is 27.3. The maximum Gasteiger partial charge on any atom is 0.378 e. The largest absolute Gasteiger partial charge is 0.499 e. The molecule has 0 aromatic carbocycles. The van der Waals surface area contributed by atoms with Gasteiger partial charge in [0.1, 0.15) is 37.1 Å². The van der Waals surface area contributed by atoms with Crippen molar-refractivity contribution < 1.29 is 59.5 Å². The van der Waals surface area contributed by atoms with Gasteiger partial charge in [-0.05, 0) is 33.1 Å². The third-order valence-corrected chi connectivity index (χ3v) is 6.54. The van der Waals surface area contributed by atoms with Crippen LogP contribution in [0.2, 0.25) is 0 Å². The van der Waals surface area contributed by atoms with E-state index >= 15 is 0 Å². The van der Waals surface area contributed by atoms with Crippen LogP contribution in [0.3, 0.4) is 0 Å². The van der Waals surface area contributed by atoms with Gasteiger partial charge in [0, 0.05) is 13.0 Å². The van der Waals surface area contributed by atoms with E-state index in [-0.39, 0.29) is 32.0 Å². The van der Waals surface area contributed by atoms with Crippen LogP contribution in [0.25, 0.3) is 0 Å². The summed E-state index contributed by atoms with van der Waals surface area (Å²) in [5, 5.41) is 72.8. The number of carbonyl (C=O) groups is 1. The molecule has 2 heterocycles. The van der Waals surface area contributed by atoms with Gasteiger partial charge in [-0.3, -0.25) is 0 Å². The first kappa shape index (κ1) is 30.7. The molecule has 0 spiro atoms. The van der Waals surface area contributed by atoms with Gasteiger partial charge < -0.3 is 54.7 Å². The summed E-state index contributed by atoms with van der Waals surface area (Å²) in [6, 6.07) is 0. The Bertz CT molecular complexity index is 748. The van der Waals surface area contributed by atoms with E-state index < -0.39 is 72.1 Å². The van der Waals surface area contributed by atoms with Crippen molar-refractivity contribution in [3.05, 3.63) is 11.5 Å². The fourth-order valence-electron chi connectivity index (χ4n) is 4.60. The first-order chi connectivity index (χ1) is 16.8. The summed E-state index contributed by atoms with van der Waals surface area (Å²) in [6.07, 6.45) is -6.99. The molecular weight excluding hydrogens is 480 g/mol. The van der Waals surface area contributed by atoms with E-state index in [4.69, 9.17) is 18.9 Å². The number of aliphatic hydroxyl groups excluding tert-OH is 6. The number of esters is 1. The van der Waals surface area contributed by atoms with Crippen molar-refractivity contribution in [2.45, 2.75) is 101 Å². The second-order valence-electron chi connectivity index (χ2n) is 10.1.